The lowest BCUT2D eigenvalue weighted by Crippen LogP contribution is -2.59. The van der Waals surface area contributed by atoms with Crippen LogP contribution < -0.4 is 10.6 Å². The van der Waals surface area contributed by atoms with Crippen LogP contribution in [0, 0.1) is 17.8 Å². The first kappa shape index (κ1) is 30.2. The smallest absolute Gasteiger partial charge is 0.407 e. The number of aliphatic hydroxyl groups excluding tert-OH is 1. The Hall–Kier alpha value is -1.77. The van der Waals surface area contributed by atoms with E-state index in [9.17, 15) is 14.7 Å². The van der Waals surface area contributed by atoms with Crippen molar-refractivity contribution in [2.75, 3.05) is 18.8 Å². The Morgan fingerprint density at radius 3 is 2.54 bits per heavy atom. The number of amides is 2. The van der Waals surface area contributed by atoms with Crippen molar-refractivity contribution in [3.8, 4) is 0 Å². The van der Waals surface area contributed by atoms with Gasteiger partial charge in [-0.3, -0.25) is 9.69 Å². The number of ether oxygens (including phenoxy) is 1. The van der Waals surface area contributed by atoms with Crippen molar-refractivity contribution in [3.63, 3.8) is 0 Å². The Bertz CT molecular complexity index is 953. The second-order valence-electron chi connectivity index (χ2n) is 13.2. The van der Waals surface area contributed by atoms with Crippen molar-refractivity contribution in [1.29, 1.82) is 0 Å². The van der Waals surface area contributed by atoms with Crippen LogP contribution in [0.1, 0.15) is 72.3 Å². The molecule has 0 unspecified atom stereocenters. The molecule has 7 atom stereocenters. The molecule has 3 fully saturated rings. The molecule has 39 heavy (non-hydrogen) atoms. The largest absolute Gasteiger partial charge is 0.445 e. The van der Waals surface area contributed by atoms with Gasteiger partial charge in [-0.25, -0.2) is 4.79 Å². The maximum absolute atomic E-state index is 13.4. The topological polar surface area (TPSA) is 90.9 Å². The summed E-state index contributed by atoms with van der Waals surface area (Å²) in [7, 11) is 0. The fraction of sp³-hybridized carbons (Fsp3) is 0.742. The second-order valence-corrected chi connectivity index (χ2v) is 14.5. The number of likely N-dealkylation sites (tertiary alicyclic amines) is 1. The number of rotatable bonds is 9. The van der Waals surface area contributed by atoms with Crippen LogP contribution in [0.5, 0.6) is 0 Å². The highest BCUT2D eigenvalue weighted by Crippen LogP contribution is 2.40. The molecule has 1 aromatic carbocycles. The zero-order chi connectivity index (χ0) is 28.2. The Kier molecular flexibility index (Phi) is 10.3. The van der Waals surface area contributed by atoms with E-state index in [1.165, 1.54) is 19.3 Å². The minimum Gasteiger partial charge on any atom is -0.445 e. The minimum atomic E-state index is -0.848. The molecule has 1 aromatic rings. The first-order valence-electron chi connectivity index (χ1n) is 14.9. The second kappa shape index (κ2) is 13.3. The molecule has 1 aliphatic carbocycles. The van der Waals surface area contributed by atoms with Crippen LogP contribution in [0.4, 0.5) is 4.79 Å². The summed E-state index contributed by atoms with van der Waals surface area (Å²) < 4.78 is 5.90. The fourth-order valence-electron chi connectivity index (χ4n) is 6.64. The zero-order valence-electron chi connectivity index (χ0n) is 24.4. The van der Waals surface area contributed by atoms with E-state index < -0.39 is 18.2 Å². The summed E-state index contributed by atoms with van der Waals surface area (Å²) in [5, 5.41) is 18.1. The molecule has 7 nitrogen and oxygen atoms in total. The molecule has 2 amide bonds. The number of benzene rings is 1. The summed E-state index contributed by atoms with van der Waals surface area (Å²) >= 11 is 1.87. The first-order chi connectivity index (χ1) is 18.5. The number of nitrogens with zero attached hydrogens (tertiary/aromatic N) is 1. The summed E-state index contributed by atoms with van der Waals surface area (Å²) in [6.07, 6.45) is 4.31. The van der Waals surface area contributed by atoms with Gasteiger partial charge in [0.05, 0.1) is 18.2 Å². The highest BCUT2D eigenvalue weighted by Gasteiger charge is 2.43. The molecule has 0 spiro atoms. The third kappa shape index (κ3) is 8.37. The van der Waals surface area contributed by atoms with Crippen molar-refractivity contribution in [1.82, 2.24) is 15.5 Å². The number of aliphatic hydroxyl groups is 1. The predicted octanol–water partition coefficient (Wildman–Crippen LogP) is 4.62. The van der Waals surface area contributed by atoms with Crippen LogP contribution in [0.15, 0.2) is 30.3 Å². The molecular formula is C31H49N3O4S. The number of piperidine rings is 1. The molecule has 0 radical (unpaired) electrons. The van der Waals surface area contributed by atoms with Crippen LogP contribution >= 0.6 is 11.8 Å². The number of alkyl carbamates (subject to hydrolysis) is 1. The lowest BCUT2D eigenvalue weighted by atomic mass is 9.83. The highest BCUT2D eigenvalue weighted by atomic mass is 32.2. The van der Waals surface area contributed by atoms with Gasteiger partial charge in [-0.2, -0.15) is 11.8 Å². The number of carbonyl (C=O) groups is 2. The van der Waals surface area contributed by atoms with Gasteiger partial charge in [0, 0.05) is 23.9 Å². The Balaban J connectivity index is 1.47. The average molecular weight is 560 g/mol. The van der Waals surface area contributed by atoms with Crippen molar-refractivity contribution in [2.45, 2.75) is 108 Å². The van der Waals surface area contributed by atoms with Crippen LogP contribution in [-0.2, 0) is 16.0 Å². The van der Waals surface area contributed by atoms with Gasteiger partial charge in [0.1, 0.15) is 6.10 Å². The van der Waals surface area contributed by atoms with E-state index in [0.717, 1.165) is 30.7 Å². The fourth-order valence-corrected chi connectivity index (χ4v) is 8.07. The molecule has 4 rings (SSSR count). The molecule has 8 heteroatoms. The van der Waals surface area contributed by atoms with E-state index in [0.29, 0.717) is 36.0 Å². The van der Waals surface area contributed by atoms with E-state index in [-0.39, 0.29) is 23.6 Å². The maximum Gasteiger partial charge on any atom is 0.407 e. The number of carbonyl (C=O) groups excluding carboxylic acids is 2. The number of thioether (sulfide) groups is 1. The molecule has 2 heterocycles. The van der Waals surface area contributed by atoms with E-state index in [1.807, 2.05) is 62.9 Å². The molecule has 1 saturated carbocycles. The maximum atomic E-state index is 13.4. The Morgan fingerprint density at radius 1 is 1.13 bits per heavy atom. The third-order valence-electron chi connectivity index (χ3n) is 8.54. The summed E-state index contributed by atoms with van der Waals surface area (Å²) in [5.41, 5.74) is 0.719. The van der Waals surface area contributed by atoms with Crippen molar-refractivity contribution < 1.29 is 19.4 Å². The van der Waals surface area contributed by atoms with Crippen molar-refractivity contribution in [2.24, 2.45) is 17.8 Å². The lowest BCUT2D eigenvalue weighted by molar-refractivity contribution is -0.131. The SMILES string of the molecule is CC(C)[C@H]1SCC[C@H]1OC(=O)N[C@@H](Cc1ccccc1)[C@H](O)CN1C[C@H]2CCC[C@H]2C[C@H]1C(=O)NC(C)(C)C. The third-order valence-corrected chi connectivity index (χ3v) is 10.2. The van der Waals surface area contributed by atoms with Gasteiger partial charge in [0.2, 0.25) is 5.91 Å². The number of hydrogen-bond donors (Lipinski definition) is 3. The number of β-amino-alcohol motifs (C(OH)–C–C–N with tert-alkyl or cyclic N) is 1. The van der Waals surface area contributed by atoms with Crippen molar-refractivity contribution >= 4 is 23.8 Å². The highest BCUT2D eigenvalue weighted by molar-refractivity contribution is 8.00. The van der Waals surface area contributed by atoms with E-state index in [4.69, 9.17) is 4.74 Å². The molecule has 2 saturated heterocycles. The number of nitrogens with one attached hydrogen (secondary N) is 2. The summed E-state index contributed by atoms with van der Waals surface area (Å²) in [5.74, 6) is 2.59. The van der Waals surface area contributed by atoms with Crippen LogP contribution in [-0.4, -0.2) is 75.9 Å². The van der Waals surface area contributed by atoms with E-state index in [2.05, 4.69) is 29.4 Å². The predicted molar refractivity (Wildman–Crippen MR) is 158 cm³/mol. The van der Waals surface area contributed by atoms with Crippen LogP contribution in [0.3, 0.4) is 0 Å². The minimum absolute atomic E-state index is 0.0329. The van der Waals surface area contributed by atoms with Gasteiger partial charge >= 0.3 is 6.09 Å². The number of fused-ring (bicyclic) bond motifs is 1. The molecule has 3 N–H and O–H groups in total. The first-order valence-corrected chi connectivity index (χ1v) is 15.9. The normalized spacial score (nSPS) is 29.1. The molecule has 2 aliphatic heterocycles. The average Bonchev–Trinajstić information content (AvgIpc) is 3.51. The Labute approximate surface area is 239 Å². The zero-order valence-corrected chi connectivity index (χ0v) is 25.2. The van der Waals surface area contributed by atoms with Crippen LogP contribution in [0.25, 0.3) is 0 Å². The monoisotopic (exact) mass is 559 g/mol. The van der Waals surface area contributed by atoms with E-state index in [1.54, 1.807) is 0 Å². The quantitative estimate of drug-likeness (QED) is 0.409. The Morgan fingerprint density at radius 2 is 1.85 bits per heavy atom. The van der Waals surface area contributed by atoms with E-state index >= 15 is 0 Å². The summed E-state index contributed by atoms with van der Waals surface area (Å²) in [6.45, 7) is 11.5. The lowest BCUT2D eigenvalue weighted by Gasteiger charge is -2.43. The molecule has 0 aromatic heterocycles. The van der Waals surface area contributed by atoms with Gasteiger partial charge in [0.15, 0.2) is 0 Å². The van der Waals surface area contributed by atoms with Gasteiger partial charge in [-0.1, -0.05) is 57.0 Å². The van der Waals surface area contributed by atoms with Gasteiger partial charge in [0.25, 0.3) is 0 Å². The standard InChI is InChI=1S/C31H49N3O4S/c1-20(2)28-27(14-15-39-28)38-30(37)32-24(16-21-10-7-6-8-11-21)26(35)19-34-18-23-13-9-12-22(23)17-25(34)29(36)33-31(3,4)5/h6-8,10-11,20,22-28,35H,9,12-19H2,1-5H3,(H,32,37)(H,33,36)/t22-,23+,24-,25-,26+,27+,28+/m0/s1. The van der Waals surface area contributed by atoms with Crippen LogP contribution in [0.2, 0.25) is 0 Å². The summed E-state index contributed by atoms with van der Waals surface area (Å²) in [4.78, 5) is 28.7. The van der Waals surface area contributed by atoms with Gasteiger partial charge in [-0.05, 0) is 75.5 Å². The van der Waals surface area contributed by atoms with Gasteiger partial charge in [-0.15, -0.1) is 0 Å². The summed E-state index contributed by atoms with van der Waals surface area (Å²) in [6, 6.07) is 9.13. The number of hydrogen-bond acceptors (Lipinski definition) is 6. The van der Waals surface area contributed by atoms with Gasteiger partial charge < -0.3 is 20.5 Å². The molecule has 3 aliphatic rings. The molecular weight excluding hydrogens is 510 g/mol. The van der Waals surface area contributed by atoms with Crippen molar-refractivity contribution in [3.05, 3.63) is 35.9 Å². The molecule has 218 valence electrons. The molecule has 0 bridgehead atoms.